The Labute approximate surface area is 97.7 Å². The van der Waals surface area contributed by atoms with Crippen molar-refractivity contribution in [2.45, 2.75) is 44.6 Å². The zero-order valence-corrected chi connectivity index (χ0v) is 11.3. The van der Waals surface area contributed by atoms with Gasteiger partial charge >= 0.3 is 0 Å². The molecule has 0 spiro atoms. The lowest BCUT2D eigenvalue weighted by atomic mass is 9.92. The number of thioether (sulfide) groups is 1. The Morgan fingerprint density at radius 3 is 2.20 bits per heavy atom. The largest absolute Gasteiger partial charge is 0.395 e. The SMILES string of the molecule is CSC(CO)C(C)NCC(C)(O)C(C)C. The van der Waals surface area contributed by atoms with Gasteiger partial charge in [0, 0.05) is 17.8 Å². The van der Waals surface area contributed by atoms with E-state index in [1.54, 1.807) is 11.8 Å². The first-order valence-electron chi connectivity index (χ1n) is 5.44. The smallest absolute Gasteiger partial charge is 0.0766 e. The molecule has 0 aromatic heterocycles. The average molecular weight is 235 g/mol. The molecule has 92 valence electrons. The molecule has 0 heterocycles. The quantitative estimate of drug-likeness (QED) is 0.618. The predicted octanol–water partition coefficient (Wildman–Crippen LogP) is 1.10. The molecule has 0 aliphatic carbocycles. The second-order valence-electron chi connectivity index (χ2n) is 4.64. The van der Waals surface area contributed by atoms with E-state index in [4.69, 9.17) is 5.11 Å². The number of hydrogen-bond donors (Lipinski definition) is 3. The Kier molecular flexibility index (Phi) is 6.84. The zero-order chi connectivity index (χ0) is 12.1. The molecule has 0 amide bonds. The van der Waals surface area contributed by atoms with Gasteiger partial charge in [-0.2, -0.15) is 11.8 Å². The van der Waals surface area contributed by atoms with Crippen LogP contribution in [-0.4, -0.2) is 46.5 Å². The summed E-state index contributed by atoms with van der Waals surface area (Å²) in [6.07, 6.45) is 1.99. The Hall–Kier alpha value is 0.230. The topological polar surface area (TPSA) is 52.5 Å². The Balaban J connectivity index is 4.04. The fourth-order valence-electron chi connectivity index (χ4n) is 1.14. The highest BCUT2D eigenvalue weighted by atomic mass is 32.2. The molecule has 0 saturated heterocycles. The van der Waals surface area contributed by atoms with Crippen LogP contribution in [0.25, 0.3) is 0 Å². The highest BCUT2D eigenvalue weighted by molar-refractivity contribution is 7.99. The summed E-state index contributed by atoms with van der Waals surface area (Å²) in [5.74, 6) is 0.221. The van der Waals surface area contributed by atoms with Crippen LogP contribution in [0.2, 0.25) is 0 Å². The third-order valence-corrected chi connectivity index (χ3v) is 4.23. The van der Waals surface area contributed by atoms with Crippen molar-refractivity contribution in [3.63, 3.8) is 0 Å². The molecule has 0 rings (SSSR count). The van der Waals surface area contributed by atoms with Crippen LogP contribution in [0.1, 0.15) is 27.7 Å². The molecule has 15 heavy (non-hydrogen) atoms. The Morgan fingerprint density at radius 1 is 1.33 bits per heavy atom. The fourth-order valence-corrected chi connectivity index (χ4v) is 1.79. The Morgan fingerprint density at radius 2 is 1.87 bits per heavy atom. The van der Waals surface area contributed by atoms with E-state index in [1.807, 2.05) is 34.0 Å². The van der Waals surface area contributed by atoms with E-state index >= 15 is 0 Å². The highest BCUT2D eigenvalue weighted by Gasteiger charge is 2.26. The maximum absolute atomic E-state index is 10.0. The molecule has 3 nitrogen and oxygen atoms in total. The Bertz CT molecular complexity index is 170. The first-order chi connectivity index (χ1) is 6.85. The molecule has 0 bridgehead atoms. The standard InChI is InChI=1S/C11H25NO2S/c1-8(2)11(4,14)7-12-9(3)10(6-13)15-5/h8-10,12-14H,6-7H2,1-5H3. The van der Waals surface area contributed by atoms with E-state index in [2.05, 4.69) is 5.32 Å². The summed E-state index contributed by atoms with van der Waals surface area (Å²) in [4.78, 5) is 0. The molecule has 0 fully saturated rings. The van der Waals surface area contributed by atoms with E-state index in [1.165, 1.54) is 0 Å². The summed E-state index contributed by atoms with van der Waals surface area (Å²) in [6, 6.07) is 0.204. The van der Waals surface area contributed by atoms with E-state index in [9.17, 15) is 5.11 Å². The highest BCUT2D eigenvalue weighted by Crippen LogP contribution is 2.16. The minimum Gasteiger partial charge on any atom is -0.395 e. The lowest BCUT2D eigenvalue weighted by Crippen LogP contribution is -2.48. The van der Waals surface area contributed by atoms with Crippen LogP contribution in [-0.2, 0) is 0 Å². The van der Waals surface area contributed by atoms with Gasteiger partial charge in [-0.25, -0.2) is 0 Å². The van der Waals surface area contributed by atoms with E-state index in [-0.39, 0.29) is 23.8 Å². The fraction of sp³-hybridized carbons (Fsp3) is 1.00. The summed E-state index contributed by atoms with van der Waals surface area (Å²) >= 11 is 1.64. The van der Waals surface area contributed by atoms with Crippen molar-refractivity contribution in [1.29, 1.82) is 0 Å². The molecule has 0 aromatic rings. The molecule has 0 aliphatic rings. The molecular formula is C11H25NO2S. The van der Waals surface area contributed by atoms with Crippen molar-refractivity contribution in [2.75, 3.05) is 19.4 Å². The van der Waals surface area contributed by atoms with Gasteiger partial charge in [-0.15, -0.1) is 0 Å². The zero-order valence-electron chi connectivity index (χ0n) is 10.4. The minimum atomic E-state index is -0.688. The number of nitrogens with one attached hydrogen (secondary N) is 1. The monoisotopic (exact) mass is 235 g/mol. The van der Waals surface area contributed by atoms with Gasteiger partial charge in [0.15, 0.2) is 0 Å². The average Bonchev–Trinajstić information content (AvgIpc) is 2.16. The van der Waals surface area contributed by atoms with Crippen LogP contribution in [0.5, 0.6) is 0 Å². The van der Waals surface area contributed by atoms with E-state index in [0.717, 1.165) is 0 Å². The summed E-state index contributed by atoms with van der Waals surface area (Å²) < 4.78 is 0. The maximum Gasteiger partial charge on any atom is 0.0766 e. The summed E-state index contributed by atoms with van der Waals surface area (Å²) in [5, 5.41) is 22.6. The van der Waals surface area contributed by atoms with Crippen LogP contribution in [0, 0.1) is 5.92 Å². The van der Waals surface area contributed by atoms with Crippen molar-refractivity contribution in [3.8, 4) is 0 Å². The second-order valence-corrected chi connectivity index (χ2v) is 5.72. The van der Waals surface area contributed by atoms with Crippen molar-refractivity contribution < 1.29 is 10.2 Å². The van der Waals surface area contributed by atoms with E-state index < -0.39 is 5.60 Å². The minimum absolute atomic E-state index is 0.166. The van der Waals surface area contributed by atoms with Gasteiger partial charge in [-0.05, 0) is 26.0 Å². The third kappa shape index (κ3) is 5.20. The molecule has 0 aliphatic heterocycles. The van der Waals surface area contributed by atoms with Crippen LogP contribution in [0.4, 0.5) is 0 Å². The lowest BCUT2D eigenvalue weighted by Gasteiger charge is -2.31. The van der Waals surface area contributed by atoms with E-state index in [0.29, 0.717) is 6.54 Å². The van der Waals surface area contributed by atoms with Crippen molar-refractivity contribution in [2.24, 2.45) is 5.92 Å². The van der Waals surface area contributed by atoms with Crippen LogP contribution >= 0.6 is 11.8 Å². The third-order valence-electron chi connectivity index (χ3n) is 3.07. The summed E-state index contributed by atoms with van der Waals surface area (Å²) in [5.41, 5.74) is -0.688. The van der Waals surface area contributed by atoms with Gasteiger partial charge in [0.05, 0.1) is 12.2 Å². The molecule has 0 radical (unpaired) electrons. The maximum atomic E-state index is 10.0. The molecule has 0 saturated carbocycles. The van der Waals surface area contributed by atoms with Crippen LogP contribution in [0.15, 0.2) is 0 Å². The normalized spacial score (nSPS) is 20.0. The van der Waals surface area contributed by atoms with Crippen molar-refractivity contribution in [3.05, 3.63) is 0 Å². The summed E-state index contributed by atoms with van der Waals surface area (Å²) in [6.45, 7) is 8.61. The summed E-state index contributed by atoms with van der Waals surface area (Å²) in [7, 11) is 0. The van der Waals surface area contributed by atoms with Gasteiger partial charge in [-0.3, -0.25) is 0 Å². The molecule has 0 aromatic carbocycles. The molecule has 3 atom stereocenters. The number of hydrogen-bond acceptors (Lipinski definition) is 4. The van der Waals surface area contributed by atoms with Crippen LogP contribution < -0.4 is 5.32 Å². The van der Waals surface area contributed by atoms with Gasteiger partial charge in [0.2, 0.25) is 0 Å². The number of aliphatic hydroxyl groups is 2. The van der Waals surface area contributed by atoms with Gasteiger partial charge in [0.1, 0.15) is 0 Å². The number of aliphatic hydroxyl groups excluding tert-OH is 1. The van der Waals surface area contributed by atoms with Gasteiger partial charge in [-0.1, -0.05) is 13.8 Å². The van der Waals surface area contributed by atoms with Crippen LogP contribution in [0.3, 0.4) is 0 Å². The van der Waals surface area contributed by atoms with Gasteiger partial charge in [0.25, 0.3) is 0 Å². The lowest BCUT2D eigenvalue weighted by molar-refractivity contribution is 0.0118. The number of rotatable bonds is 7. The first kappa shape index (κ1) is 15.2. The second kappa shape index (κ2) is 6.74. The molecular weight excluding hydrogens is 210 g/mol. The predicted molar refractivity (Wildman–Crippen MR) is 67.3 cm³/mol. The van der Waals surface area contributed by atoms with Gasteiger partial charge < -0.3 is 15.5 Å². The molecule has 3 unspecified atom stereocenters. The first-order valence-corrected chi connectivity index (χ1v) is 6.73. The molecule has 3 N–H and O–H groups in total. The van der Waals surface area contributed by atoms with Crippen molar-refractivity contribution in [1.82, 2.24) is 5.32 Å². The molecule has 4 heteroatoms. The van der Waals surface area contributed by atoms with Crippen molar-refractivity contribution >= 4 is 11.8 Å².